The van der Waals surface area contributed by atoms with Gasteiger partial charge < -0.3 is 0 Å². The Morgan fingerprint density at radius 3 is 1.80 bits per heavy atom. The van der Waals surface area contributed by atoms with E-state index < -0.39 is 0 Å². The van der Waals surface area contributed by atoms with Crippen molar-refractivity contribution in [2.24, 2.45) is 0 Å². The van der Waals surface area contributed by atoms with Gasteiger partial charge in [0, 0.05) is 5.56 Å². The molecule has 0 bridgehead atoms. The van der Waals surface area contributed by atoms with Gasteiger partial charge >= 0.3 is 0 Å². The Labute approximate surface area is 119 Å². The van der Waals surface area contributed by atoms with Crippen LogP contribution in [-0.4, -0.2) is 0 Å². The van der Waals surface area contributed by atoms with E-state index in [0.717, 1.165) is 11.1 Å². The lowest BCUT2D eigenvalue weighted by Gasteiger charge is -2.11. The molecule has 0 spiro atoms. The van der Waals surface area contributed by atoms with E-state index in [2.05, 4.69) is 60.5 Å². The third-order valence-electron chi connectivity index (χ3n) is 3.38. The molecule has 3 aromatic rings. The van der Waals surface area contributed by atoms with Gasteiger partial charge in [0.15, 0.2) is 0 Å². The first-order chi connectivity index (χ1) is 9.90. The Morgan fingerprint density at radius 2 is 1.10 bits per heavy atom. The number of hydrogen-bond acceptors (Lipinski definition) is 0. The molecule has 0 aliphatic heterocycles. The van der Waals surface area contributed by atoms with Gasteiger partial charge in [0.25, 0.3) is 0 Å². The number of benzene rings is 3. The van der Waals surface area contributed by atoms with Crippen LogP contribution in [0.2, 0.25) is 0 Å². The molecule has 0 saturated heterocycles. The molecule has 0 amide bonds. The summed E-state index contributed by atoms with van der Waals surface area (Å²) in [5, 5.41) is 0. The fraction of sp³-hybridized carbons (Fsp3) is 0. The van der Waals surface area contributed by atoms with Crippen LogP contribution in [0.5, 0.6) is 0 Å². The van der Waals surface area contributed by atoms with Crippen molar-refractivity contribution < 1.29 is 0 Å². The van der Waals surface area contributed by atoms with Crippen molar-refractivity contribution in [1.82, 2.24) is 0 Å². The van der Waals surface area contributed by atoms with Crippen molar-refractivity contribution in [1.29, 1.82) is 0 Å². The SMILES string of the molecule is C#Cc1ccccc1-c1ccccc1-c1ccccc1. The standard InChI is InChI=1S/C20H14/c1-2-16-10-6-7-13-18(16)20-15-9-8-14-19(20)17-11-4-3-5-12-17/h1,3-15H. The van der Waals surface area contributed by atoms with Crippen molar-refractivity contribution in [2.45, 2.75) is 0 Å². The predicted octanol–water partition coefficient (Wildman–Crippen LogP) is 5.00. The first kappa shape index (κ1) is 12.3. The Morgan fingerprint density at radius 1 is 0.550 bits per heavy atom. The van der Waals surface area contributed by atoms with E-state index in [4.69, 9.17) is 6.42 Å². The molecule has 3 rings (SSSR count). The Bertz CT molecular complexity index is 761. The second-order valence-corrected chi connectivity index (χ2v) is 4.60. The van der Waals surface area contributed by atoms with Crippen molar-refractivity contribution in [2.75, 3.05) is 0 Å². The first-order valence-corrected chi connectivity index (χ1v) is 6.60. The molecule has 0 atom stereocenters. The maximum atomic E-state index is 5.63. The van der Waals surface area contributed by atoms with E-state index in [9.17, 15) is 0 Å². The average Bonchev–Trinajstić information content (AvgIpc) is 2.55. The molecule has 0 aliphatic carbocycles. The van der Waals surface area contributed by atoms with Gasteiger partial charge in [-0.15, -0.1) is 6.42 Å². The highest BCUT2D eigenvalue weighted by Gasteiger charge is 2.08. The van der Waals surface area contributed by atoms with Crippen LogP contribution in [0, 0.1) is 12.3 Å². The van der Waals surface area contributed by atoms with Gasteiger partial charge in [-0.2, -0.15) is 0 Å². The number of terminal acetylenes is 1. The second kappa shape index (κ2) is 5.47. The molecular weight excluding hydrogens is 240 g/mol. The summed E-state index contributed by atoms with van der Waals surface area (Å²) in [7, 11) is 0. The molecule has 0 aliphatic rings. The van der Waals surface area contributed by atoms with E-state index in [1.165, 1.54) is 16.7 Å². The van der Waals surface area contributed by atoms with Gasteiger partial charge in [-0.05, 0) is 28.3 Å². The molecular formula is C20H14. The quantitative estimate of drug-likeness (QED) is 0.564. The molecule has 20 heavy (non-hydrogen) atoms. The predicted molar refractivity (Wildman–Crippen MR) is 85.2 cm³/mol. The van der Waals surface area contributed by atoms with Crippen molar-refractivity contribution in [3.63, 3.8) is 0 Å². The highest BCUT2D eigenvalue weighted by molar-refractivity contribution is 5.85. The van der Waals surface area contributed by atoms with E-state index in [-0.39, 0.29) is 0 Å². The highest BCUT2D eigenvalue weighted by Crippen LogP contribution is 2.33. The number of hydrogen-bond donors (Lipinski definition) is 0. The van der Waals surface area contributed by atoms with Crippen LogP contribution in [0.4, 0.5) is 0 Å². The fourth-order valence-electron chi connectivity index (χ4n) is 2.43. The summed E-state index contributed by atoms with van der Waals surface area (Å²) in [4.78, 5) is 0. The van der Waals surface area contributed by atoms with E-state index in [1.807, 2.05) is 24.3 Å². The third-order valence-corrected chi connectivity index (χ3v) is 3.38. The van der Waals surface area contributed by atoms with Crippen LogP contribution in [0.25, 0.3) is 22.3 Å². The summed E-state index contributed by atoms with van der Waals surface area (Å²) in [5.74, 6) is 2.77. The van der Waals surface area contributed by atoms with E-state index in [0.29, 0.717) is 0 Å². The van der Waals surface area contributed by atoms with Gasteiger partial charge in [0.2, 0.25) is 0 Å². The summed E-state index contributed by atoms with van der Waals surface area (Å²) < 4.78 is 0. The lowest BCUT2D eigenvalue weighted by Crippen LogP contribution is -1.88. The molecule has 0 heteroatoms. The molecule has 0 fully saturated rings. The molecule has 0 saturated carbocycles. The lowest BCUT2D eigenvalue weighted by molar-refractivity contribution is 1.56. The van der Waals surface area contributed by atoms with Crippen LogP contribution in [0.3, 0.4) is 0 Å². The van der Waals surface area contributed by atoms with Gasteiger partial charge in [-0.1, -0.05) is 78.7 Å². The Hall–Kier alpha value is -2.78. The maximum Gasteiger partial charge on any atom is 0.0321 e. The van der Waals surface area contributed by atoms with Gasteiger partial charge in [0.1, 0.15) is 0 Å². The Balaban J connectivity index is 2.24. The maximum absolute atomic E-state index is 5.63. The van der Waals surface area contributed by atoms with Crippen LogP contribution in [0.1, 0.15) is 5.56 Å². The normalized spacial score (nSPS) is 9.95. The zero-order valence-electron chi connectivity index (χ0n) is 11.1. The molecule has 0 N–H and O–H groups in total. The second-order valence-electron chi connectivity index (χ2n) is 4.60. The Kier molecular flexibility index (Phi) is 3.35. The van der Waals surface area contributed by atoms with Crippen LogP contribution in [0.15, 0.2) is 78.9 Å². The van der Waals surface area contributed by atoms with Crippen molar-refractivity contribution in [3.8, 4) is 34.6 Å². The zero-order valence-corrected chi connectivity index (χ0v) is 11.1. The number of rotatable bonds is 2. The molecule has 0 nitrogen and oxygen atoms in total. The summed E-state index contributed by atoms with van der Waals surface area (Å²) in [6.45, 7) is 0. The lowest BCUT2D eigenvalue weighted by atomic mass is 9.92. The average molecular weight is 254 g/mol. The minimum Gasteiger partial charge on any atom is -0.115 e. The molecule has 0 heterocycles. The summed E-state index contributed by atoms with van der Waals surface area (Å²) in [5.41, 5.74) is 5.61. The summed E-state index contributed by atoms with van der Waals surface area (Å²) in [6, 6.07) is 26.8. The molecule has 0 aromatic heterocycles. The minimum absolute atomic E-state index is 0.927. The largest absolute Gasteiger partial charge is 0.115 e. The fourth-order valence-corrected chi connectivity index (χ4v) is 2.43. The zero-order chi connectivity index (χ0) is 13.8. The van der Waals surface area contributed by atoms with E-state index >= 15 is 0 Å². The van der Waals surface area contributed by atoms with Crippen LogP contribution in [-0.2, 0) is 0 Å². The highest BCUT2D eigenvalue weighted by atomic mass is 14.1. The van der Waals surface area contributed by atoms with Crippen LogP contribution >= 0.6 is 0 Å². The smallest absolute Gasteiger partial charge is 0.0321 e. The van der Waals surface area contributed by atoms with Gasteiger partial charge in [0.05, 0.1) is 0 Å². The summed E-state index contributed by atoms with van der Waals surface area (Å²) in [6.07, 6.45) is 5.63. The molecule has 94 valence electrons. The van der Waals surface area contributed by atoms with Crippen molar-refractivity contribution >= 4 is 0 Å². The summed E-state index contributed by atoms with van der Waals surface area (Å²) >= 11 is 0. The van der Waals surface area contributed by atoms with Crippen molar-refractivity contribution in [3.05, 3.63) is 84.4 Å². The molecule has 3 aromatic carbocycles. The topological polar surface area (TPSA) is 0 Å². The molecule has 0 unspecified atom stereocenters. The third kappa shape index (κ3) is 2.22. The molecule has 0 radical (unpaired) electrons. The minimum atomic E-state index is 0.927. The van der Waals surface area contributed by atoms with E-state index in [1.54, 1.807) is 0 Å². The van der Waals surface area contributed by atoms with Gasteiger partial charge in [-0.25, -0.2) is 0 Å². The monoisotopic (exact) mass is 254 g/mol. The first-order valence-electron chi connectivity index (χ1n) is 6.60. The van der Waals surface area contributed by atoms with Gasteiger partial charge in [-0.3, -0.25) is 0 Å². The van der Waals surface area contributed by atoms with Crippen LogP contribution < -0.4 is 0 Å².